The van der Waals surface area contributed by atoms with Crippen molar-refractivity contribution in [3.63, 3.8) is 0 Å². The number of nitrogens with zero attached hydrogens (tertiary/aromatic N) is 3. The van der Waals surface area contributed by atoms with E-state index in [-0.39, 0.29) is 11.8 Å². The molecule has 168 valence electrons. The third kappa shape index (κ3) is 4.62. The molecule has 0 N–H and O–H groups in total. The number of ether oxygens (including phenoxy) is 2. The van der Waals surface area contributed by atoms with Crippen LogP contribution in [-0.4, -0.2) is 86.1 Å². The summed E-state index contributed by atoms with van der Waals surface area (Å²) in [5, 5.41) is 0. The van der Waals surface area contributed by atoms with E-state index >= 15 is 0 Å². The molecular weight excluding hydrogens is 394 g/mol. The van der Waals surface area contributed by atoms with E-state index in [1.165, 1.54) is 4.90 Å². The second-order valence-corrected chi connectivity index (χ2v) is 9.02. The monoisotopic (exact) mass is 427 g/mol. The van der Waals surface area contributed by atoms with Gasteiger partial charge in [0.15, 0.2) is 0 Å². The number of morpholine rings is 1. The van der Waals surface area contributed by atoms with Crippen LogP contribution in [-0.2, 0) is 14.3 Å². The summed E-state index contributed by atoms with van der Waals surface area (Å²) < 4.78 is 10.7. The first kappa shape index (κ1) is 21.8. The van der Waals surface area contributed by atoms with Crippen molar-refractivity contribution >= 4 is 17.4 Å². The molecule has 7 heteroatoms. The third-order valence-corrected chi connectivity index (χ3v) is 6.45. The molecule has 4 rings (SSSR count). The Kier molecular flexibility index (Phi) is 6.62. The highest BCUT2D eigenvalue weighted by Gasteiger charge is 2.42. The van der Waals surface area contributed by atoms with Gasteiger partial charge in [0.05, 0.1) is 25.9 Å². The number of likely N-dealkylation sites (tertiary alicyclic amines) is 1. The van der Waals surface area contributed by atoms with Gasteiger partial charge in [-0.2, -0.15) is 0 Å². The highest BCUT2D eigenvalue weighted by molar-refractivity contribution is 6.35. The summed E-state index contributed by atoms with van der Waals surface area (Å²) in [5.41, 5.74) is 1.86. The van der Waals surface area contributed by atoms with Gasteiger partial charge in [-0.15, -0.1) is 0 Å². The van der Waals surface area contributed by atoms with Crippen molar-refractivity contribution in [1.82, 2.24) is 14.7 Å². The fourth-order valence-electron chi connectivity index (χ4n) is 4.99. The minimum absolute atomic E-state index is 0.162. The van der Waals surface area contributed by atoms with Crippen molar-refractivity contribution < 1.29 is 19.1 Å². The van der Waals surface area contributed by atoms with Crippen LogP contribution in [0.4, 0.5) is 0 Å². The summed E-state index contributed by atoms with van der Waals surface area (Å²) in [6, 6.07) is 7.44. The van der Waals surface area contributed by atoms with Gasteiger partial charge < -0.3 is 14.4 Å². The molecule has 2 unspecified atom stereocenters. The van der Waals surface area contributed by atoms with Gasteiger partial charge in [0.2, 0.25) is 0 Å². The third-order valence-electron chi connectivity index (χ3n) is 6.45. The molecule has 0 aliphatic carbocycles. The van der Waals surface area contributed by atoms with Gasteiger partial charge >= 0.3 is 0 Å². The number of hydrogen-bond acceptors (Lipinski definition) is 6. The van der Waals surface area contributed by atoms with Crippen molar-refractivity contribution in [2.75, 3.05) is 59.6 Å². The van der Waals surface area contributed by atoms with Crippen molar-refractivity contribution in [1.29, 1.82) is 0 Å². The SMILES string of the molecule is COc1ccc(C2=C(N3CC(C)CC(C)C3)C(=O)N(CCN3CCOCC3)C2=O)cc1. The van der Waals surface area contributed by atoms with Crippen LogP contribution in [0.5, 0.6) is 5.75 Å². The number of carbonyl (C=O) groups is 2. The van der Waals surface area contributed by atoms with E-state index in [0.29, 0.717) is 49.4 Å². The van der Waals surface area contributed by atoms with E-state index in [4.69, 9.17) is 9.47 Å². The van der Waals surface area contributed by atoms with Gasteiger partial charge in [-0.05, 0) is 36.0 Å². The molecule has 3 aliphatic heterocycles. The van der Waals surface area contributed by atoms with Gasteiger partial charge in [-0.1, -0.05) is 26.0 Å². The fraction of sp³-hybridized carbons (Fsp3) is 0.583. The van der Waals surface area contributed by atoms with Crippen LogP contribution in [0.1, 0.15) is 25.8 Å². The number of hydrogen-bond donors (Lipinski definition) is 0. The number of amides is 2. The molecule has 3 heterocycles. The highest BCUT2D eigenvalue weighted by atomic mass is 16.5. The van der Waals surface area contributed by atoms with Gasteiger partial charge in [0, 0.05) is 39.3 Å². The Balaban J connectivity index is 1.63. The molecule has 0 aromatic heterocycles. The van der Waals surface area contributed by atoms with E-state index in [1.807, 2.05) is 24.3 Å². The zero-order chi connectivity index (χ0) is 22.0. The van der Waals surface area contributed by atoms with Gasteiger partial charge in [-0.3, -0.25) is 19.4 Å². The van der Waals surface area contributed by atoms with Crippen LogP contribution in [0.2, 0.25) is 0 Å². The fourth-order valence-corrected chi connectivity index (χ4v) is 4.99. The predicted octanol–water partition coefficient (Wildman–Crippen LogP) is 2.09. The maximum Gasteiger partial charge on any atom is 0.277 e. The summed E-state index contributed by atoms with van der Waals surface area (Å²) in [7, 11) is 1.62. The quantitative estimate of drug-likeness (QED) is 0.648. The van der Waals surface area contributed by atoms with Crippen LogP contribution in [0.15, 0.2) is 30.0 Å². The summed E-state index contributed by atoms with van der Waals surface area (Å²) in [4.78, 5) is 32.9. The zero-order valence-electron chi connectivity index (χ0n) is 18.8. The molecule has 0 saturated carbocycles. The lowest BCUT2D eigenvalue weighted by Crippen LogP contribution is -2.45. The van der Waals surface area contributed by atoms with Crippen LogP contribution in [0.25, 0.3) is 5.57 Å². The van der Waals surface area contributed by atoms with E-state index in [2.05, 4.69) is 23.6 Å². The Labute approximate surface area is 184 Å². The maximum absolute atomic E-state index is 13.5. The summed E-state index contributed by atoms with van der Waals surface area (Å²) in [5.74, 6) is 1.35. The Morgan fingerprint density at radius 3 is 2.23 bits per heavy atom. The lowest BCUT2D eigenvalue weighted by atomic mass is 9.91. The van der Waals surface area contributed by atoms with E-state index in [1.54, 1.807) is 7.11 Å². The average Bonchev–Trinajstić information content (AvgIpc) is 3.02. The molecule has 2 atom stereocenters. The molecule has 3 aliphatic rings. The number of methoxy groups -OCH3 is 1. The number of piperidine rings is 1. The van der Waals surface area contributed by atoms with Crippen LogP contribution in [0.3, 0.4) is 0 Å². The van der Waals surface area contributed by atoms with Crippen LogP contribution in [0, 0.1) is 11.8 Å². The van der Waals surface area contributed by atoms with Crippen molar-refractivity contribution in [2.24, 2.45) is 11.8 Å². The first-order chi connectivity index (χ1) is 15.0. The van der Waals surface area contributed by atoms with Gasteiger partial charge in [0.25, 0.3) is 11.8 Å². The lowest BCUT2D eigenvalue weighted by Gasteiger charge is -2.37. The van der Waals surface area contributed by atoms with E-state index in [9.17, 15) is 9.59 Å². The normalized spacial score (nSPS) is 25.5. The van der Waals surface area contributed by atoms with Crippen molar-refractivity contribution in [3.05, 3.63) is 35.5 Å². The van der Waals surface area contributed by atoms with Gasteiger partial charge in [-0.25, -0.2) is 0 Å². The molecule has 1 aromatic carbocycles. The molecular formula is C24H33N3O4. The van der Waals surface area contributed by atoms with E-state index in [0.717, 1.165) is 43.9 Å². The molecule has 0 bridgehead atoms. The Bertz CT molecular complexity index is 835. The highest BCUT2D eigenvalue weighted by Crippen LogP contribution is 2.35. The Morgan fingerprint density at radius 1 is 0.968 bits per heavy atom. The zero-order valence-corrected chi connectivity index (χ0v) is 18.8. The number of rotatable bonds is 6. The average molecular weight is 428 g/mol. The first-order valence-electron chi connectivity index (χ1n) is 11.3. The number of carbonyl (C=O) groups excluding carboxylic acids is 2. The van der Waals surface area contributed by atoms with Crippen LogP contribution < -0.4 is 4.74 Å². The molecule has 2 saturated heterocycles. The molecule has 7 nitrogen and oxygen atoms in total. The summed E-state index contributed by atoms with van der Waals surface area (Å²) in [6.07, 6.45) is 1.14. The van der Waals surface area contributed by atoms with Gasteiger partial charge in [0.1, 0.15) is 11.4 Å². The minimum Gasteiger partial charge on any atom is -0.497 e. The Hall–Kier alpha value is -2.38. The Morgan fingerprint density at radius 2 is 1.61 bits per heavy atom. The van der Waals surface area contributed by atoms with Crippen molar-refractivity contribution in [3.8, 4) is 5.75 Å². The first-order valence-corrected chi connectivity index (χ1v) is 11.3. The topological polar surface area (TPSA) is 62.3 Å². The second kappa shape index (κ2) is 9.40. The number of imide groups is 1. The van der Waals surface area contributed by atoms with Crippen LogP contribution >= 0.6 is 0 Å². The predicted molar refractivity (Wildman–Crippen MR) is 118 cm³/mol. The molecule has 31 heavy (non-hydrogen) atoms. The smallest absolute Gasteiger partial charge is 0.277 e. The van der Waals surface area contributed by atoms with Crippen molar-refractivity contribution in [2.45, 2.75) is 20.3 Å². The molecule has 2 fully saturated rings. The maximum atomic E-state index is 13.5. The summed E-state index contributed by atoms with van der Waals surface area (Å²) in [6.45, 7) is 10.2. The molecule has 0 spiro atoms. The molecule has 1 aromatic rings. The minimum atomic E-state index is -0.190. The molecule has 2 amide bonds. The standard InChI is InChI=1S/C24H33N3O4/c1-17-14-18(2)16-26(15-17)22-21(19-4-6-20(30-3)7-5-19)23(28)27(24(22)29)9-8-25-10-12-31-13-11-25/h4-7,17-18H,8-16H2,1-3H3. The largest absolute Gasteiger partial charge is 0.497 e. The summed E-state index contributed by atoms with van der Waals surface area (Å²) >= 11 is 0. The second-order valence-electron chi connectivity index (χ2n) is 9.02. The van der Waals surface area contributed by atoms with E-state index < -0.39 is 0 Å². The number of benzene rings is 1. The lowest BCUT2D eigenvalue weighted by molar-refractivity contribution is -0.138. The molecule has 0 radical (unpaired) electrons.